The topological polar surface area (TPSA) is 21.3 Å². The van der Waals surface area contributed by atoms with E-state index >= 15 is 0 Å². The van der Waals surface area contributed by atoms with E-state index in [1.807, 2.05) is 37.4 Å². The highest BCUT2D eigenvalue weighted by Crippen LogP contribution is 2.35. The van der Waals surface area contributed by atoms with E-state index in [9.17, 15) is 0 Å². The molecule has 2 aromatic carbocycles. The molecule has 21 heavy (non-hydrogen) atoms. The minimum atomic E-state index is 0.247. The van der Waals surface area contributed by atoms with Gasteiger partial charge in [-0.25, -0.2) is 0 Å². The van der Waals surface area contributed by atoms with Gasteiger partial charge in [0.2, 0.25) is 0 Å². The van der Waals surface area contributed by atoms with Gasteiger partial charge in [0.25, 0.3) is 0 Å². The SMILES string of the molecule is CNC(c1ccc(OC)cc1)C(C)Sc1ccccc1Cl. The average molecular weight is 322 g/mol. The summed E-state index contributed by atoms with van der Waals surface area (Å²) in [4.78, 5) is 1.11. The van der Waals surface area contributed by atoms with E-state index < -0.39 is 0 Å². The molecule has 2 nitrogen and oxygen atoms in total. The van der Waals surface area contributed by atoms with Crippen molar-refractivity contribution in [1.29, 1.82) is 0 Å². The van der Waals surface area contributed by atoms with Gasteiger partial charge >= 0.3 is 0 Å². The number of ether oxygens (including phenoxy) is 1. The smallest absolute Gasteiger partial charge is 0.118 e. The number of benzene rings is 2. The second kappa shape index (κ2) is 7.74. The van der Waals surface area contributed by atoms with Crippen LogP contribution < -0.4 is 10.1 Å². The Balaban J connectivity index is 2.14. The second-order valence-electron chi connectivity index (χ2n) is 4.79. The van der Waals surface area contributed by atoms with Crippen LogP contribution in [0.25, 0.3) is 0 Å². The molecule has 2 rings (SSSR count). The van der Waals surface area contributed by atoms with E-state index in [4.69, 9.17) is 16.3 Å². The van der Waals surface area contributed by atoms with E-state index in [2.05, 4.69) is 30.4 Å². The summed E-state index contributed by atoms with van der Waals surface area (Å²) in [6.45, 7) is 2.21. The Kier molecular flexibility index (Phi) is 5.97. The van der Waals surface area contributed by atoms with E-state index in [1.165, 1.54) is 5.56 Å². The third-order valence-corrected chi connectivity index (χ3v) is 5.10. The van der Waals surface area contributed by atoms with Gasteiger partial charge in [-0.2, -0.15) is 0 Å². The van der Waals surface area contributed by atoms with Gasteiger partial charge in [-0.3, -0.25) is 0 Å². The quantitative estimate of drug-likeness (QED) is 0.773. The van der Waals surface area contributed by atoms with Gasteiger partial charge in [0.05, 0.1) is 12.1 Å². The van der Waals surface area contributed by atoms with Crippen molar-refractivity contribution in [2.24, 2.45) is 0 Å². The summed E-state index contributed by atoms with van der Waals surface area (Å²) in [7, 11) is 3.67. The predicted molar refractivity (Wildman–Crippen MR) is 91.6 cm³/mol. The minimum absolute atomic E-state index is 0.247. The van der Waals surface area contributed by atoms with E-state index in [-0.39, 0.29) is 6.04 Å². The zero-order valence-electron chi connectivity index (χ0n) is 12.5. The van der Waals surface area contributed by atoms with Gasteiger partial charge in [0.15, 0.2) is 0 Å². The lowest BCUT2D eigenvalue weighted by Gasteiger charge is -2.24. The number of halogens is 1. The van der Waals surface area contributed by atoms with Gasteiger partial charge in [-0.05, 0) is 36.9 Å². The molecule has 0 aliphatic heterocycles. The predicted octanol–water partition coefficient (Wildman–Crippen LogP) is 4.79. The monoisotopic (exact) mass is 321 g/mol. The standard InChI is InChI=1S/C17H20ClNOS/c1-12(21-16-7-5-4-6-15(16)18)17(19-2)13-8-10-14(20-3)11-9-13/h4-12,17,19H,1-3H3. The Labute approximate surface area is 135 Å². The molecular weight excluding hydrogens is 302 g/mol. The van der Waals surface area contributed by atoms with Crippen LogP contribution >= 0.6 is 23.4 Å². The molecule has 0 aliphatic carbocycles. The molecular formula is C17H20ClNOS. The van der Waals surface area contributed by atoms with Crippen LogP contribution in [0.2, 0.25) is 5.02 Å². The highest BCUT2D eigenvalue weighted by atomic mass is 35.5. The largest absolute Gasteiger partial charge is 0.497 e. The van der Waals surface area contributed by atoms with Crippen molar-refractivity contribution in [3.8, 4) is 5.75 Å². The third kappa shape index (κ3) is 4.16. The fourth-order valence-corrected chi connectivity index (χ4v) is 3.73. The first-order valence-corrected chi connectivity index (χ1v) is 8.14. The summed E-state index contributed by atoms with van der Waals surface area (Å²) in [6.07, 6.45) is 0. The number of thioether (sulfide) groups is 1. The van der Waals surface area contributed by atoms with Gasteiger partial charge < -0.3 is 10.1 Å². The molecule has 2 unspecified atom stereocenters. The fraction of sp³-hybridized carbons (Fsp3) is 0.294. The summed E-state index contributed by atoms with van der Waals surface area (Å²) in [6, 6.07) is 16.4. The molecule has 2 atom stereocenters. The molecule has 0 aliphatic rings. The lowest BCUT2D eigenvalue weighted by Crippen LogP contribution is -2.25. The van der Waals surface area contributed by atoms with E-state index in [0.29, 0.717) is 5.25 Å². The maximum atomic E-state index is 6.24. The summed E-state index contributed by atoms with van der Waals surface area (Å²) in [5.74, 6) is 0.875. The lowest BCUT2D eigenvalue weighted by molar-refractivity contribution is 0.414. The van der Waals surface area contributed by atoms with E-state index in [0.717, 1.165) is 15.7 Å². The highest BCUT2D eigenvalue weighted by Gasteiger charge is 2.19. The van der Waals surface area contributed by atoms with Crippen LogP contribution in [-0.4, -0.2) is 19.4 Å². The number of hydrogen-bond acceptors (Lipinski definition) is 3. The molecule has 112 valence electrons. The molecule has 0 radical (unpaired) electrons. The van der Waals surface area contributed by atoms with Crippen LogP contribution in [0.1, 0.15) is 18.5 Å². The van der Waals surface area contributed by atoms with Crippen molar-refractivity contribution in [3.63, 3.8) is 0 Å². The van der Waals surface area contributed by atoms with Crippen LogP contribution in [0.5, 0.6) is 5.75 Å². The van der Waals surface area contributed by atoms with Crippen LogP contribution in [-0.2, 0) is 0 Å². The fourth-order valence-electron chi connectivity index (χ4n) is 2.29. The molecule has 0 amide bonds. The molecule has 0 saturated heterocycles. The van der Waals surface area contributed by atoms with Crippen LogP contribution in [0.3, 0.4) is 0 Å². The van der Waals surface area contributed by atoms with Crippen molar-refractivity contribution in [2.45, 2.75) is 23.1 Å². The van der Waals surface area contributed by atoms with Crippen LogP contribution in [0.15, 0.2) is 53.4 Å². The molecule has 0 spiro atoms. The Hall–Kier alpha value is -1.16. The number of rotatable bonds is 6. The first kappa shape index (κ1) is 16.2. The normalized spacial score (nSPS) is 13.7. The maximum absolute atomic E-state index is 6.24. The Morgan fingerprint density at radius 3 is 2.33 bits per heavy atom. The van der Waals surface area contributed by atoms with Gasteiger partial charge in [0, 0.05) is 16.2 Å². The molecule has 0 heterocycles. The highest BCUT2D eigenvalue weighted by molar-refractivity contribution is 8.00. The molecule has 2 aromatic rings. The first-order chi connectivity index (χ1) is 10.2. The van der Waals surface area contributed by atoms with Crippen molar-refractivity contribution < 1.29 is 4.74 Å². The summed E-state index contributed by atoms with van der Waals surface area (Å²) in [5.41, 5.74) is 1.24. The minimum Gasteiger partial charge on any atom is -0.497 e. The summed E-state index contributed by atoms with van der Waals surface area (Å²) in [5, 5.41) is 4.55. The second-order valence-corrected chi connectivity index (χ2v) is 6.62. The van der Waals surface area contributed by atoms with Crippen molar-refractivity contribution in [2.75, 3.05) is 14.2 Å². The first-order valence-electron chi connectivity index (χ1n) is 6.88. The maximum Gasteiger partial charge on any atom is 0.118 e. The number of nitrogens with one attached hydrogen (secondary N) is 1. The molecule has 0 fully saturated rings. The van der Waals surface area contributed by atoms with Crippen molar-refractivity contribution in [3.05, 3.63) is 59.1 Å². The van der Waals surface area contributed by atoms with Crippen LogP contribution in [0, 0.1) is 0 Å². The van der Waals surface area contributed by atoms with Crippen molar-refractivity contribution in [1.82, 2.24) is 5.32 Å². The Morgan fingerprint density at radius 1 is 1.10 bits per heavy atom. The number of hydrogen-bond donors (Lipinski definition) is 1. The van der Waals surface area contributed by atoms with Crippen molar-refractivity contribution >= 4 is 23.4 Å². The summed E-state index contributed by atoms with van der Waals surface area (Å²) >= 11 is 8.03. The number of methoxy groups -OCH3 is 1. The molecule has 0 aromatic heterocycles. The average Bonchev–Trinajstić information content (AvgIpc) is 2.51. The summed E-state index contributed by atoms with van der Waals surface area (Å²) < 4.78 is 5.21. The zero-order chi connectivity index (χ0) is 15.2. The van der Waals surface area contributed by atoms with E-state index in [1.54, 1.807) is 18.9 Å². The van der Waals surface area contributed by atoms with Gasteiger partial charge in [-0.15, -0.1) is 11.8 Å². The molecule has 1 N–H and O–H groups in total. The molecule has 4 heteroatoms. The van der Waals surface area contributed by atoms with Gasteiger partial charge in [0.1, 0.15) is 5.75 Å². The van der Waals surface area contributed by atoms with Gasteiger partial charge in [-0.1, -0.05) is 42.8 Å². The molecule has 0 bridgehead atoms. The lowest BCUT2D eigenvalue weighted by atomic mass is 10.0. The molecule has 0 saturated carbocycles. The Morgan fingerprint density at radius 2 is 1.76 bits per heavy atom. The third-order valence-electron chi connectivity index (χ3n) is 3.40. The van der Waals surface area contributed by atoms with Crippen LogP contribution in [0.4, 0.5) is 0 Å². The Bertz CT molecular complexity index is 573. The zero-order valence-corrected chi connectivity index (χ0v) is 14.0.